The Morgan fingerprint density at radius 2 is 2.05 bits per heavy atom. The molecule has 0 spiro atoms. The van der Waals surface area contributed by atoms with Gasteiger partial charge in [0.2, 0.25) is 0 Å². The van der Waals surface area contributed by atoms with Crippen molar-refractivity contribution < 1.29 is 14.6 Å². The number of carbonyl (C=O) groups excluding carboxylic acids is 1. The minimum absolute atomic E-state index is 0.0157. The van der Waals surface area contributed by atoms with Crippen molar-refractivity contribution in [1.29, 1.82) is 0 Å². The Kier molecular flexibility index (Phi) is 7.75. The highest BCUT2D eigenvalue weighted by atomic mass is 79.9. The van der Waals surface area contributed by atoms with Crippen LogP contribution in [0.3, 0.4) is 0 Å². The first kappa shape index (κ1) is 18.0. The van der Waals surface area contributed by atoms with Gasteiger partial charge in [0.05, 0.1) is 11.1 Å². The number of ether oxygens (including phenoxy) is 1. The van der Waals surface area contributed by atoms with E-state index in [4.69, 9.17) is 9.84 Å². The van der Waals surface area contributed by atoms with Gasteiger partial charge < -0.3 is 14.7 Å². The van der Waals surface area contributed by atoms with Gasteiger partial charge in [-0.05, 0) is 53.4 Å². The second kappa shape index (κ2) is 9.05. The van der Waals surface area contributed by atoms with Crippen LogP contribution in [-0.4, -0.2) is 41.7 Å². The fourth-order valence-electron chi connectivity index (χ4n) is 2.29. The minimum atomic E-state index is -0.0924. The molecule has 1 aromatic rings. The largest absolute Gasteiger partial charge is 0.483 e. The quantitative estimate of drug-likeness (QED) is 0.777. The van der Waals surface area contributed by atoms with Crippen molar-refractivity contribution in [3.63, 3.8) is 0 Å². The first-order valence-electron chi connectivity index (χ1n) is 7.32. The molecule has 1 aromatic carbocycles. The summed E-state index contributed by atoms with van der Waals surface area (Å²) >= 11 is 3.43. The molecule has 0 bridgehead atoms. The van der Waals surface area contributed by atoms with Gasteiger partial charge in [-0.25, -0.2) is 0 Å². The van der Waals surface area contributed by atoms with Crippen LogP contribution in [0.1, 0.15) is 32.3 Å². The van der Waals surface area contributed by atoms with Gasteiger partial charge in [0, 0.05) is 12.6 Å². The Labute approximate surface area is 135 Å². The zero-order chi connectivity index (χ0) is 15.8. The number of aliphatic hydroxyl groups excluding tert-OH is 1. The number of amides is 1. The van der Waals surface area contributed by atoms with Gasteiger partial charge in [-0.1, -0.05) is 19.9 Å². The first-order valence-corrected chi connectivity index (χ1v) is 8.12. The molecule has 1 rings (SSSR count). The van der Waals surface area contributed by atoms with E-state index in [-0.39, 0.29) is 25.2 Å². The number of hydrogen-bond acceptors (Lipinski definition) is 3. The van der Waals surface area contributed by atoms with E-state index in [2.05, 4.69) is 15.9 Å². The van der Waals surface area contributed by atoms with Crippen LogP contribution in [0.2, 0.25) is 0 Å². The molecule has 0 radical (unpaired) electrons. The summed E-state index contributed by atoms with van der Waals surface area (Å²) in [6.07, 6.45) is 1.74. The number of aryl methyl sites for hydroxylation is 1. The van der Waals surface area contributed by atoms with Gasteiger partial charge in [-0.15, -0.1) is 0 Å². The lowest BCUT2D eigenvalue weighted by atomic mass is 10.1. The molecular weight excluding hydrogens is 334 g/mol. The lowest BCUT2D eigenvalue weighted by molar-refractivity contribution is -0.136. The summed E-state index contributed by atoms with van der Waals surface area (Å²) in [5.41, 5.74) is 1.12. The van der Waals surface area contributed by atoms with Crippen LogP contribution in [0, 0.1) is 6.92 Å². The standard InChI is InChI=1S/C16H24BrNO3/c1-4-13(5-2)18(8-9-19)16(20)11-21-15-7-6-12(3)10-14(15)17/h6-7,10,13,19H,4-5,8-9,11H2,1-3H3. The molecule has 0 aliphatic heterocycles. The van der Waals surface area contributed by atoms with E-state index in [1.54, 1.807) is 4.90 Å². The molecule has 5 heteroatoms. The summed E-state index contributed by atoms with van der Waals surface area (Å²) in [7, 11) is 0. The Balaban J connectivity index is 2.68. The predicted octanol–water partition coefficient (Wildman–Crippen LogP) is 3.15. The molecule has 0 unspecified atom stereocenters. The van der Waals surface area contributed by atoms with Crippen molar-refractivity contribution >= 4 is 21.8 Å². The van der Waals surface area contributed by atoms with Gasteiger partial charge in [-0.2, -0.15) is 0 Å². The van der Waals surface area contributed by atoms with E-state index in [0.717, 1.165) is 22.9 Å². The van der Waals surface area contributed by atoms with Gasteiger partial charge >= 0.3 is 0 Å². The molecule has 0 aliphatic rings. The van der Waals surface area contributed by atoms with Gasteiger partial charge in [-0.3, -0.25) is 4.79 Å². The minimum Gasteiger partial charge on any atom is -0.483 e. The number of carbonyl (C=O) groups is 1. The van der Waals surface area contributed by atoms with Crippen molar-refractivity contribution in [3.8, 4) is 5.75 Å². The molecule has 4 nitrogen and oxygen atoms in total. The second-order valence-electron chi connectivity index (χ2n) is 5.00. The van der Waals surface area contributed by atoms with E-state index < -0.39 is 0 Å². The fraction of sp³-hybridized carbons (Fsp3) is 0.562. The lowest BCUT2D eigenvalue weighted by Crippen LogP contribution is -2.44. The fourth-order valence-corrected chi connectivity index (χ4v) is 2.90. The van der Waals surface area contributed by atoms with Crippen LogP contribution in [0.15, 0.2) is 22.7 Å². The molecule has 1 N–H and O–H groups in total. The number of hydrogen-bond donors (Lipinski definition) is 1. The van der Waals surface area contributed by atoms with Crippen LogP contribution in [0.5, 0.6) is 5.75 Å². The summed E-state index contributed by atoms with van der Waals surface area (Å²) in [6, 6.07) is 5.89. The predicted molar refractivity (Wildman–Crippen MR) is 87.5 cm³/mol. The first-order chi connectivity index (χ1) is 10.0. The molecule has 21 heavy (non-hydrogen) atoms. The third-order valence-electron chi connectivity index (χ3n) is 3.48. The van der Waals surface area contributed by atoms with E-state index in [9.17, 15) is 4.79 Å². The zero-order valence-corrected chi connectivity index (χ0v) is 14.5. The van der Waals surface area contributed by atoms with Crippen LogP contribution in [-0.2, 0) is 4.79 Å². The monoisotopic (exact) mass is 357 g/mol. The number of benzene rings is 1. The summed E-state index contributed by atoms with van der Waals surface area (Å²) in [5, 5.41) is 9.14. The van der Waals surface area contributed by atoms with E-state index in [1.807, 2.05) is 39.0 Å². The third-order valence-corrected chi connectivity index (χ3v) is 4.10. The van der Waals surface area contributed by atoms with Crippen molar-refractivity contribution in [3.05, 3.63) is 28.2 Å². The van der Waals surface area contributed by atoms with Crippen molar-refractivity contribution in [2.75, 3.05) is 19.8 Å². The molecule has 0 atom stereocenters. The Bertz CT molecular complexity index is 461. The summed E-state index contributed by atoms with van der Waals surface area (Å²) in [6.45, 7) is 6.39. The van der Waals surface area contributed by atoms with E-state index in [0.29, 0.717) is 12.3 Å². The topological polar surface area (TPSA) is 49.8 Å². The zero-order valence-electron chi connectivity index (χ0n) is 12.9. The Hall–Kier alpha value is -1.07. The molecule has 0 aromatic heterocycles. The Morgan fingerprint density at radius 1 is 1.38 bits per heavy atom. The smallest absolute Gasteiger partial charge is 0.260 e. The molecule has 118 valence electrons. The highest BCUT2D eigenvalue weighted by molar-refractivity contribution is 9.10. The second-order valence-corrected chi connectivity index (χ2v) is 5.86. The summed E-state index contributed by atoms with van der Waals surface area (Å²) in [4.78, 5) is 14.0. The average molecular weight is 358 g/mol. The van der Waals surface area contributed by atoms with Gasteiger partial charge in [0.25, 0.3) is 5.91 Å². The number of halogens is 1. The van der Waals surface area contributed by atoms with E-state index >= 15 is 0 Å². The SMILES string of the molecule is CCC(CC)N(CCO)C(=O)COc1ccc(C)cc1Br. The highest BCUT2D eigenvalue weighted by Gasteiger charge is 2.21. The van der Waals surface area contributed by atoms with Crippen molar-refractivity contribution in [2.45, 2.75) is 39.7 Å². The average Bonchev–Trinajstić information content (AvgIpc) is 2.46. The molecule has 0 aliphatic carbocycles. The maximum Gasteiger partial charge on any atom is 0.260 e. The number of nitrogens with zero attached hydrogens (tertiary/aromatic N) is 1. The normalized spacial score (nSPS) is 10.8. The van der Waals surface area contributed by atoms with Crippen LogP contribution < -0.4 is 4.74 Å². The van der Waals surface area contributed by atoms with Crippen molar-refractivity contribution in [2.24, 2.45) is 0 Å². The summed E-state index contributed by atoms with van der Waals surface area (Å²) in [5.74, 6) is 0.563. The van der Waals surface area contributed by atoms with Crippen LogP contribution in [0.25, 0.3) is 0 Å². The highest BCUT2D eigenvalue weighted by Crippen LogP contribution is 2.25. The maximum absolute atomic E-state index is 12.3. The van der Waals surface area contributed by atoms with Crippen LogP contribution >= 0.6 is 15.9 Å². The van der Waals surface area contributed by atoms with Crippen LogP contribution in [0.4, 0.5) is 0 Å². The molecule has 0 heterocycles. The maximum atomic E-state index is 12.3. The Morgan fingerprint density at radius 3 is 2.57 bits per heavy atom. The molecule has 0 saturated heterocycles. The molecule has 0 saturated carbocycles. The number of aliphatic hydroxyl groups is 1. The third kappa shape index (κ3) is 5.32. The van der Waals surface area contributed by atoms with E-state index in [1.165, 1.54) is 0 Å². The summed E-state index contributed by atoms with van der Waals surface area (Å²) < 4.78 is 6.44. The van der Waals surface area contributed by atoms with Gasteiger partial charge in [0.15, 0.2) is 6.61 Å². The van der Waals surface area contributed by atoms with Crippen molar-refractivity contribution in [1.82, 2.24) is 4.90 Å². The lowest BCUT2D eigenvalue weighted by Gasteiger charge is -2.30. The number of rotatable bonds is 8. The molecule has 1 amide bonds. The molecular formula is C16H24BrNO3. The van der Waals surface area contributed by atoms with Gasteiger partial charge in [0.1, 0.15) is 5.75 Å². The molecule has 0 fully saturated rings.